The van der Waals surface area contributed by atoms with Gasteiger partial charge in [-0.2, -0.15) is 0 Å². The number of aromatic nitrogens is 1. The van der Waals surface area contributed by atoms with Crippen LogP contribution >= 0.6 is 11.3 Å². The lowest BCUT2D eigenvalue weighted by atomic mass is 10.3. The van der Waals surface area contributed by atoms with E-state index in [2.05, 4.69) is 31.5 Å². The molecule has 2 aromatic heterocycles. The average Bonchev–Trinajstić information content (AvgIpc) is 3.47. The minimum Gasteiger partial charge on any atom is -0.447 e. The Morgan fingerprint density at radius 3 is 2.74 bits per heavy atom. The SMILES string of the molecule is O=C(Nc1ccc(F)cc1)c1coc(CN(CCN2CCOCC2)Cc2cccs2)n1. The van der Waals surface area contributed by atoms with Crippen molar-refractivity contribution in [3.63, 3.8) is 0 Å². The first-order chi connectivity index (χ1) is 15.2. The van der Waals surface area contributed by atoms with Crippen LogP contribution in [0.4, 0.5) is 10.1 Å². The second kappa shape index (κ2) is 10.6. The Morgan fingerprint density at radius 2 is 2.00 bits per heavy atom. The Morgan fingerprint density at radius 1 is 1.19 bits per heavy atom. The van der Waals surface area contributed by atoms with Crippen LogP contribution in [0.25, 0.3) is 0 Å². The van der Waals surface area contributed by atoms with Crippen molar-refractivity contribution in [3.05, 3.63) is 70.3 Å². The van der Waals surface area contributed by atoms with E-state index in [0.717, 1.165) is 45.9 Å². The minimum absolute atomic E-state index is 0.198. The number of hydrogen-bond acceptors (Lipinski definition) is 7. The van der Waals surface area contributed by atoms with E-state index < -0.39 is 0 Å². The van der Waals surface area contributed by atoms with Crippen molar-refractivity contribution in [3.8, 4) is 0 Å². The van der Waals surface area contributed by atoms with Gasteiger partial charge in [-0.25, -0.2) is 9.37 Å². The van der Waals surface area contributed by atoms with Crippen LogP contribution in [-0.2, 0) is 17.8 Å². The Hall–Kier alpha value is -2.59. The molecular weight excluding hydrogens is 419 g/mol. The number of oxazole rings is 1. The standard InChI is InChI=1S/C22H25FN4O3S/c23-17-3-5-18(6-4-17)24-22(28)20-16-30-21(25-20)15-27(14-19-2-1-13-31-19)8-7-26-9-11-29-12-10-26/h1-6,13,16H,7-12,14-15H2,(H,24,28). The number of carbonyl (C=O) groups is 1. The Bertz CT molecular complexity index is 956. The summed E-state index contributed by atoms with van der Waals surface area (Å²) in [7, 11) is 0. The van der Waals surface area contributed by atoms with E-state index in [-0.39, 0.29) is 17.4 Å². The van der Waals surface area contributed by atoms with Gasteiger partial charge in [-0.05, 0) is 35.7 Å². The Balaban J connectivity index is 1.37. The van der Waals surface area contributed by atoms with Crippen LogP contribution in [0.5, 0.6) is 0 Å². The summed E-state index contributed by atoms with van der Waals surface area (Å²) >= 11 is 1.72. The highest BCUT2D eigenvalue weighted by atomic mass is 32.1. The quantitative estimate of drug-likeness (QED) is 0.545. The number of nitrogens with one attached hydrogen (secondary N) is 1. The number of morpholine rings is 1. The first kappa shape index (κ1) is 21.6. The van der Waals surface area contributed by atoms with Gasteiger partial charge in [0.15, 0.2) is 5.69 Å². The highest BCUT2D eigenvalue weighted by Crippen LogP contribution is 2.16. The monoisotopic (exact) mass is 444 g/mol. The van der Waals surface area contributed by atoms with E-state index in [4.69, 9.17) is 9.15 Å². The third-order valence-corrected chi connectivity index (χ3v) is 5.90. The highest BCUT2D eigenvalue weighted by molar-refractivity contribution is 7.09. The van der Waals surface area contributed by atoms with E-state index in [9.17, 15) is 9.18 Å². The highest BCUT2D eigenvalue weighted by Gasteiger charge is 2.18. The normalized spacial score (nSPS) is 14.8. The van der Waals surface area contributed by atoms with E-state index in [1.165, 1.54) is 35.4 Å². The maximum Gasteiger partial charge on any atom is 0.277 e. The van der Waals surface area contributed by atoms with Crippen molar-refractivity contribution in [1.82, 2.24) is 14.8 Å². The fourth-order valence-electron chi connectivity index (χ4n) is 3.35. The summed E-state index contributed by atoms with van der Waals surface area (Å²) in [6.07, 6.45) is 1.36. The molecule has 164 valence electrons. The number of benzene rings is 1. The van der Waals surface area contributed by atoms with Crippen molar-refractivity contribution in [2.75, 3.05) is 44.7 Å². The molecule has 0 aliphatic carbocycles. The van der Waals surface area contributed by atoms with Crippen molar-refractivity contribution in [1.29, 1.82) is 0 Å². The molecule has 1 aromatic carbocycles. The fourth-order valence-corrected chi connectivity index (χ4v) is 4.10. The first-order valence-electron chi connectivity index (χ1n) is 10.2. The van der Waals surface area contributed by atoms with Crippen LogP contribution in [0.2, 0.25) is 0 Å². The molecule has 0 saturated carbocycles. The molecule has 31 heavy (non-hydrogen) atoms. The molecule has 1 fully saturated rings. The van der Waals surface area contributed by atoms with Gasteiger partial charge in [0.1, 0.15) is 12.1 Å². The second-order valence-electron chi connectivity index (χ2n) is 7.33. The lowest BCUT2D eigenvalue weighted by Gasteiger charge is -2.29. The van der Waals surface area contributed by atoms with E-state index in [1.54, 1.807) is 11.3 Å². The largest absolute Gasteiger partial charge is 0.447 e. The molecule has 4 rings (SSSR count). The second-order valence-corrected chi connectivity index (χ2v) is 8.36. The zero-order valence-electron chi connectivity index (χ0n) is 17.1. The summed E-state index contributed by atoms with van der Waals surface area (Å²) in [5, 5.41) is 4.77. The number of carbonyl (C=O) groups excluding carboxylic acids is 1. The third kappa shape index (κ3) is 6.44. The number of halogens is 1. The van der Waals surface area contributed by atoms with Gasteiger partial charge in [0.2, 0.25) is 5.89 Å². The molecule has 1 amide bonds. The molecule has 1 saturated heterocycles. The molecule has 0 atom stereocenters. The van der Waals surface area contributed by atoms with Crippen LogP contribution in [0.3, 0.4) is 0 Å². The van der Waals surface area contributed by atoms with Crippen molar-refractivity contribution in [2.24, 2.45) is 0 Å². The molecule has 9 heteroatoms. The molecular formula is C22H25FN4O3S. The van der Waals surface area contributed by atoms with E-state index in [0.29, 0.717) is 18.1 Å². The molecule has 1 N–H and O–H groups in total. The summed E-state index contributed by atoms with van der Waals surface area (Å²) < 4.78 is 24.0. The van der Waals surface area contributed by atoms with Gasteiger partial charge >= 0.3 is 0 Å². The maximum atomic E-state index is 13.0. The minimum atomic E-state index is -0.389. The van der Waals surface area contributed by atoms with Crippen LogP contribution < -0.4 is 5.32 Å². The fraction of sp³-hybridized carbons (Fsp3) is 0.364. The van der Waals surface area contributed by atoms with Gasteiger partial charge in [0, 0.05) is 43.3 Å². The molecule has 1 aliphatic heterocycles. The lowest BCUT2D eigenvalue weighted by Crippen LogP contribution is -2.41. The lowest BCUT2D eigenvalue weighted by molar-refractivity contribution is 0.0321. The maximum absolute atomic E-state index is 13.0. The zero-order chi connectivity index (χ0) is 21.5. The van der Waals surface area contributed by atoms with Gasteiger partial charge < -0.3 is 14.5 Å². The van der Waals surface area contributed by atoms with Crippen molar-refractivity contribution >= 4 is 22.9 Å². The van der Waals surface area contributed by atoms with Gasteiger partial charge in [-0.15, -0.1) is 11.3 Å². The van der Waals surface area contributed by atoms with Gasteiger partial charge in [-0.3, -0.25) is 14.6 Å². The summed E-state index contributed by atoms with van der Waals surface area (Å²) in [5.74, 6) is -0.257. The molecule has 1 aliphatic rings. The number of ether oxygens (including phenoxy) is 1. The van der Waals surface area contributed by atoms with Crippen LogP contribution in [0, 0.1) is 5.82 Å². The van der Waals surface area contributed by atoms with Crippen LogP contribution in [0.15, 0.2) is 52.5 Å². The smallest absolute Gasteiger partial charge is 0.277 e. The summed E-state index contributed by atoms with van der Waals surface area (Å²) in [5.41, 5.74) is 0.698. The van der Waals surface area contributed by atoms with Crippen LogP contribution in [0.1, 0.15) is 21.3 Å². The average molecular weight is 445 g/mol. The number of nitrogens with zero attached hydrogens (tertiary/aromatic N) is 3. The topological polar surface area (TPSA) is 70.8 Å². The number of thiophene rings is 1. The third-order valence-electron chi connectivity index (χ3n) is 5.04. The molecule has 3 heterocycles. The number of hydrogen-bond donors (Lipinski definition) is 1. The number of anilines is 1. The van der Waals surface area contributed by atoms with Gasteiger partial charge in [0.25, 0.3) is 5.91 Å². The first-order valence-corrected chi connectivity index (χ1v) is 11.1. The van der Waals surface area contributed by atoms with Gasteiger partial charge in [-0.1, -0.05) is 6.07 Å². The molecule has 0 spiro atoms. The van der Waals surface area contributed by atoms with Crippen molar-refractivity contribution in [2.45, 2.75) is 13.1 Å². The predicted molar refractivity (Wildman–Crippen MR) is 117 cm³/mol. The van der Waals surface area contributed by atoms with Crippen molar-refractivity contribution < 1.29 is 18.3 Å². The predicted octanol–water partition coefficient (Wildman–Crippen LogP) is 3.46. The number of rotatable bonds is 9. The summed E-state index contributed by atoms with van der Waals surface area (Å²) in [6, 6.07) is 9.75. The number of amides is 1. The summed E-state index contributed by atoms with van der Waals surface area (Å²) in [6.45, 7) is 6.53. The van der Waals surface area contributed by atoms with Gasteiger partial charge in [0.05, 0.1) is 19.8 Å². The van der Waals surface area contributed by atoms with Crippen LogP contribution in [-0.4, -0.2) is 60.1 Å². The van der Waals surface area contributed by atoms with E-state index >= 15 is 0 Å². The molecule has 7 nitrogen and oxygen atoms in total. The van der Waals surface area contributed by atoms with E-state index in [1.807, 2.05) is 6.07 Å². The Kier molecular flexibility index (Phi) is 7.42. The molecule has 0 radical (unpaired) electrons. The molecule has 0 unspecified atom stereocenters. The summed E-state index contributed by atoms with van der Waals surface area (Å²) in [4.78, 5) is 22.7. The molecule has 0 bridgehead atoms. The zero-order valence-corrected chi connectivity index (χ0v) is 17.9. The Labute approximate surface area is 184 Å². The molecule has 3 aromatic rings.